The van der Waals surface area contributed by atoms with Crippen LogP contribution in [0.15, 0.2) is 47.0 Å². The van der Waals surface area contributed by atoms with Crippen LogP contribution in [0.1, 0.15) is 63.4 Å². The SMILES string of the molecule is CC(C)(C)OC(=O)NN(C(=O)C1CCCCC1)c1cccc2cc(C(=O)Nc3ccc(Cl)cn3)oc12. The van der Waals surface area contributed by atoms with E-state index >= 15 is 0 Å². The van der Waals surface area contributed by atoms with Crippen molar-refractivity contribution in [3.8, 4) is 0 Å². The Kier molecular flexibility index (Phi) is 7.49. The normalized spacial score (nSPS) is 14.3. The first-order valence-electron chi connectivity index (χ1n) is 11.9. The molecule has 2 N–H and O–H groups in total. The molecule has 3 amide bonds. The van der Waals surface area contributed by atoms with E-state index in [1.54, 1.807) is 57.2 Å². The van der Waals surface area contributed by atoms with Crippen molar-refractivity contribution in [1.29, 1.82) is 0 Å². The molecule has 36 heavy (non-hydrogen) atoms. The van der Waals surface area contributed by atoms with E-state index in [4.69, 9.17) is 20.8 Å². The first-order chi connectivity index (χ1) is 17.1. The topological polar surface area (TPSA) is 114 Å². The van der Waals surface area contributed by atoms with Crippen molar-refractivity contribution in [2.24, 2.45) is 5.92 Å². The van der Waals surface area contributed by atoms with Crippen LogP contribution in [0.4, 0.5) is 16.3 Å². The summed E-state index contributed by atoms with van der Waals surface area (Å²) >= 11 is 5.85. The highest BCUT2D eigenvalue weighted by atomic mass is 35.5. The average molecular weight is 513 g/mol. The molecule has 3 aromatic rings. The molecule has 0 radical (unpaired) electrons. The van der Waals surface area contributed by atoms with Gasteiger partial charge in [0.25, 0.3) is 5.91 Å². The number of carbonyl (C=O) groups is 3. The summed E-state index contributed by atoms with van der Waals surface area (Å²) in [5, 5.41) is 4.89. The number of amides is 3. The summed E-state index contributed by atoms with van der Waals surface area (Å²) in [7, 11) is 0. The van der Waals surface area contributed by atoms with E-state index in [0.29, 0.717) is 21.9 Å². The number of nitrogens with zero attached hydrogens (tertiary/aromatic N) is 2. The Hall–Kier alpha value is -3.59. The molecular formula is C26H29ClN4O5. The number of para-hydroxylation sites is 1. The van der Waals surface area contributed by atoms with Gasteiger partial charge in [-0.1, -0.05) is 43.0 Å². The number of halogens is 1. The molecule has 2 aromatic heterocycles. The first kappa shape index (κ1) is 25.5. The first-order valence-corrected chi connectivity index (χ1v) is 12.3. The van der Waals surface area contributed by atoms with Gasteiger partial charge >= 0.3 is 6.09 Å². The van der Waals surface area contributed by atoms with E-state index < -0.39 is 17.6 Å². The summed E-state index contributed by atoms with van der Waals surface area (Å²) in [5.74, 6) is -0.669. The lowest BCUT2D eigenvalue weighted by atomic mass is 9.88. The molecule has 10 heteroatoms. The third-order valence-corrected chi connectivity index (χ3v) is 5.96. The fraction of sp³-hybridized carbons (Fsp3) is 0.385. The number of hydrogen-bond donors (Lipinski definition) is 2. The van der Waals surface area contributed by atoms with Gasteiger partial charge in [0.2, 0.25) is 5.91 Å². The Balaban J connectivity index is 1.66. The molecule has 1 aliphatic carbocycles. The molecule has 0 saturated heterocycles. The van der Waals surface area contributed by atoms with Crippen molar-refractivity contribution in [2.75, 3.05) is 10.3 Å². The van der Waals surface area contributed by atoms with Gasteiger partial charge in [0.15, 0.2) is 11.3 Å². The summed E-state index contributed by atoms with van der Waals surface area (Å²) in [6, 6.07) is 9.90. The smallest absolute Gasteiger partial charge is 0.427 e. The molecular weight excluding hydrogens is 484 g/mol. The Labute approximate surface area is 214 Å². The van der Waals surface area contributed by atoms with E-state index in [-0.39, 0.29) is 23.2 Å². The Bertz CT molecular complexity index is 1260. The number of ether oxygens (including phenoxy) is 1. The second-order valence-electron chi connectivity index (χ2n) is 9.74. The van der Waals surface area contributed by atoms with Crippen molar-refractivity contribution < 1.29 is 23.5 Å². The van der Waals surface area contributed by atoms with Gasteiger partial charge in [0.05, 0.1) is 5.02 Å². The molecule has 1 aliphatic rings. The van der Waals surface area contributed by atoms with Gasteiger partial charge in [0, 0.05) is 17.5 Å². The van der Waals surface area contributed by atoms with Crippen molar-refractivity contribution in [3.63, 3.8) is 0 Å². The van der Waals surface area contributed by atoms with Gasteiger partial charge in [-0.15, -0.1) is 0 Å². The minimum Gasteiger partial charge on any atom is -0.449 e. The second-order valence-corrected chi connectivity index (χ2v) is 10.2. The van der Waals surface area contributed by atoms with Gasteiger partial charge in [-0.05, 0) is 57.9 Å². The van der Waals surface area contributed by atoms with Crippen molar-refractivity contribution >= 4 is 52.0 Å². The predicted octanol–water partition coefficient (Wildman–Crippen LogP) is 6.09. The predicted molar refractivity (Wildman–Crippen MR) is 137 cm³/mol. The van der Waals surface area contributed by atoms with Crippen LogP contribution < -0.4 is 15.8 Å². The van der Waals surface area contributed by atoms with Crippen LogP contribution >= 0.6 is 11.6 Å². The highest BCUT2D eigenvalue weighted by Gasteiger charge is 2.31. The van der Waals surface area contributed by atoms with Crippen LogP contribution in [0, 0.1) is 5.92 Å². The maximum atomic E-state index is 13.6. The number of anilines is 2. The molecule has 1 fully saturated rings. The molecule has 0 bridgehead atoms. The number of aromatic nitrogens is 1. The minimum atomic E-state index is -0.762. The number of benzene rings is 1. The van der Waals surface area contributed by atoms with Gasteiger partial charge in [-0.2, -0.15) is 0 Å². The third-order valence-electron chi connectivity index (χ3n) is 5.73. The minimum absolute atomic E-state index is 0.0246. The van der Waals surface area contributed by atoms with Crippen molar-refractivity contribution in [1.82, 2.24) is 10.4 Å². The van der Waals surface area contributed by atoms with Crippen LogP contribution in [0.25, 0.3) is 11.0 Å². The molecule has 0 atom stereocenters. The molecule has 0 aliphatic heterocycles. The van der Waals surface area contributed by atoms with E-state index in [2.05, 4.69) is 15.7 Å². The fourth-order valence-electron chi connectivity index (χ4n) is 4.12. The lowest BCUT2D eigenvalue weighted by Crippen LogP contribution is -2.50. The summed E-state index contributed by atoms with van der Waals surface area (Å²) in [6.45, 7) is 5.23. The van der Waals surface area contributed by atoms with Gasteiger partial charge in [0.1, 0.15) is 17.1 Å². The lowest BCUT2D eigenvalue weighted by Gasteiger charge is -2.30. The molecule has 9 nitrogen and oxygen atoms in total. The number of pyridine rings is 1. The average Bonchev–Trinajstić information content (AvgIpc) is 3.28. The van der Waals surface area contributed by atoms with Gasteiger partial charge < -0.3 is 14.5 Å². The Morgan fingerprint density at radius 3 is 2.53 bits per heavy atom. The maximum Gasteiger partial charge on any atom is 0.427 e. The number of hydrogen-bond acceptors (Lipinski definition) is 6. The summed E-state index contributed by atoms with van der Waals surface area (Å²) in [4.78, 5) is 43.1. The van der Waals surface area contributed by atoms with Crippen LogP contribution in [0.5, 0.6) is 0 Å². The zero-order valence-electron chi connectivity index (χ0n) is 20.5. The molecule has 190 valence electrons. The standard InChI is InChI=1S/C26H29ClN4O5/c1-26(2,3)36-25(34)30-31(24(33)16-8-5-4-6-9-16)19-11-7-10-17-14-20(35-22(17)19)23(32)29-21-13-12-18(27)15-28-21/h7,10-16H,4-6,8-9H2,1-3H3,(H,30,34)(H,28,29,32). The zero-order chi connectivity index (χ0) is 25.9. The maximum absolute atomic E-state index is 13.6. The Morgan fingerprint density at radius 2 is 1.86 bits per heavy atom. The zero-order valence-corrected chi connectivity index (χ0v) is 21.2. The Morgan fingerprint density at radius 1 is 1.11 bits per heavy atom. The van der Waals surface area contributed by atoms with E-state index in [9.17, 15) is 14.4 Å². The van der Waals surface area contributed by atoms with Crippen molar-refractivity contribution in [3.05, 3.63) is 53.4 Å². The number of rotatable bonds is 4. The van der Waals surface area contributed by atoms with Crippen LogP contribution in [0.3, 0.4) is 0 Å². The lowest BCUT2D eigenvalue weighted by molar-refractivity contribution is -0.124. The van der Waals surface area contributed by atoms with Crippen LogP contribution in [-0.4, -0.2) is 28.5 Å². The molecule has 2 heterocycles. The van der Waals surface area contributed by atoms with Gasteiger partial charge in [-0.3, -0.25) is 9.59 Å². The molecule has 0 unspecified atom stereocenters. The molecule has 1 aromatic carbocycles. The quantitative estimate of drug-likeness (QED) is 0.409. The highest BCUT2D eigenvalue weighted by Crippen LogP contribution is 2.33. The van der Waals surface area contributed by atoms with Gasteiger partial charge in [-0.25, -0.2) is 20.2 Å². The number of fused-ring (bicyclic) bond motifs is 1. The number of furan rings is 1. The van der Waals surface area contributed by atoms with Crippen LogP contribution in [0.2, 0.25) is 5.02 Å². The van der Waals surface area contributed by atoms with Crippen molar-refractivity contribution in [2.45, 2.75) is 58.5 Å². The summed E-state index contributed by atoms with van der Waals surface area (Å²) in [6.07, 6.45) is 5.11. The monoisotopic (exact) mass is 512 g/mol. The molecule has 0 spiro atoms. The molecule has 1 saturated carbocycles. The second kappa shape index (κ2) is 10.6. The largest absolute Gasteiger partial charge is 0.449 e. The third kappa shape index (κ3) is 6.15. The number of hydrazine groups is 1. The van der Waals surface area contributed by atoms with E-state index in [1.165, 1.54) is 11.2 Å². The van der Waals surface area contributed by atoms with E-state index in [0.717, 1.165) is 32.1 Å². The molecule has 4 rings (SSSR count). The highest BCUT2D eigenvalue weighted by molar-refractivity contribution is 6.30. The number of carbonyl (C=O) groups excluding carboxylic acids is 3. The summed E-state index contributed by atoms with van der Waals surface area (Å²) in [5.41, 5.74) is 2.45. The fourth-order valence-corrected chi connectivity index (χ4v) is 4.23. The van der Waals surface area contributed by atoms with Crippen LogP contribution in [-0.2, 0) is 9.53 Å². The summed E-state index contributed by atoms with van der Waals surface area (Å²) < 4.78 is 11.3. The number of nitrogens with one attached hydrogen (secondary N) is 2. The van der Waals surface area contributed by atoms with E-state index in [1.807, 2.05) is 0 Å².